The van der Waals surface area contributed by atoms with E-state index in [0.29, 0.717) is 5.56 Å². The number of carboxylic acid groups (broad SMARTS) is 1. The number of rotatable bonds is 3. The van der Waals surface area contributed by atoms with E-state index in [2.05, 4.69) is 10.2 Å². The lowest BCUT2D eigenvalue weighted by Crippen LogP contribution is -2.21. The van der Waals surface area contributed by atoms with E-state index in [9.17, 15) is 4.79 Å². The molecule has 0 aliphatic rings. The Hall–Kier alpha value is -2.37. The highest BCUT2D eigenvalue weighted by Crippen LogP contribution is 2.05. The minimum Gasteiger partial charge on any atom is -0.478 e. The summed E-state index contributed by atoms with van der Waals surface area (Å²) in [6, 6.07) is 6.40. The molecule has 0 amide bonds. The summed E-state index contributed by atoms with van der Waals surface area (Å²) in [6.07, 6.45) is 1.28. The van der Waals surface area contributed by atoms with Gasteiger partial charge in [0.15, 0.2) is 0 Å². The fourth-order valence-electron chi connectivity index (χ4n) is 0.962. The zero-order valence-electron chi connectivity index (χ0n) is 7.79. The van der Waals surface area contributed by atoms with Gasteiger partial charge in [-0.3, -0.25) is 0 Å². The van der Waals surface area contributed by atoms with E-state index in [1.807, 2.05) is 0 Å². The van der Waals surface area contributed by atoms with Crippen LogP contribution in [-0.4, -0.2) is 23.2 Å². The summed E-state index contributed by atoms with van der Waals surface area (Å²) < 4.78 is 0. The summed E-state index contributed by atoms with van der Waals surface area (Å²) in [5.41, 5.74) is 10.7. The number of aromatic carboxylic acids is 1. The zero-order chi connectivity index (χ0) is 11.3. The van der Waals surface area contributed by atoms with Crippen LogP contribution < -0.4 is 11.5 Å². The third kappa shape index (κ3) is 3.11. The molecule has 15 heavy (non-hydrogen) atoms. The molecule has 78 valence electrons. The molecule has 0 fully saturated rings. The third-order valence-corrected chi connectivity index (χ3v) is 1.56. The number of hydrogen-bond donors (Lipinski definition) is 3. The quantitative estimate of drug-likeness (QED) is 0.366. The van der Waals surface area contributed by atoms with E-state index >= 15 is 0 Å². The molecule has 0 atom stereocenters. The molecule has 0 unspecified atom stereocenters. The standard InChI is InChI=1S/C9H10N4O2/c10-9(11)13-12-5-6-3-1-2-4-7(6)8(14)15/h1-5H,(H,14,15)(H4,10,11,13)/b12-5-. The van der Waals surface area contributed by atoms with Crippen LogP contribution in [0.25, 0.3) is 0 Å². The number of nitrogens with two attached hydrogens (primary N) is 2. The SMILES string of the molecule is NC(N)=N/N=C\c1ccccc1C(=O)O. The largest absolute Gasteiger partial charge is 0.478 e. The van der Waals surface area contributed by atoms with Crippen molar-refractivity contribution in [3.8, 4) is 0 Å². The van der Waals surface area contributed by atoms with E-state index in [-0.39, 0.29) is 11.5 Å². The van der Waals surface area contributed by atoms with Crippen molar-refractivity contribution in [2.45, 2.75) is 0 Å². The van der Waals surface area contributed by atoms with Gasteiger partial charge < -0.3 is 16.6 Å². The number of carboxylic acids is 1. The highest BCUT2D eigenvalue weighted by molar-refractivity contribution is 5.98. The summed E-state index contributed by atoms with van der Waals surface area (Å²) in [4.78, 5) is 10.8. The molecular formula is C9H10N4O2. The van der Waals surface area contributed by atoms with Crippen LogP contribution in [0.15, 0.2) is 34.5 Å². The molecule has 0 heterocycles. The Bertz CT molecular complexity index is 422. The lowest BCUT2D eigenvalue weighted by atomic mass is 10.1. The van der Waals surface area contributed by atoms with Gasteiger partial charge in [0, 0.05) is 5.56 Å². The van der Waals surface area contributed by atoms with Crippen LogP contribution in [-0.2, 0) is 0 Å². The Labute approximate surface area is 85.9 Å². The normalized spacial score (nSPS) is 10.1. The first kappa shape index (κ1) is 10.7. The van der Waals surface area contributed by atoms with Gasteiger partial charge in [0.1, 0.15) is 0 Å². The maximum Gasteiger partial charge on any atom is 0.336 e. The lowest BCUT2D eigenvalue weighted by Gasteiger charge is -1.97. The monoisotopic (exact) mass is 206 g/mol. The zero-order valence-corrected chi connectivity index (χ0v) is 7.79. The fourth-order valence-corrected chi connectivity index (χ4v) is 0.962. The predicted octanol–water partition coefficient (Wildman–Crippen LogP) is -0.00790. The van der Waals surface area contributed by atoms with Crippen LogP contribution in [0.2, 0.25) is 0 Å². The maximum atomic E-state index is 10.8. The van der Waals surface area contributed by atoms with Crippen molar-refractivity contribution in [2.75, 3.05) is 0 Å². The van der Waals surface area contributed by atoms with Crippen LogP contribution in [0.4, 0.5) is 0 Å². The van der Waals surface area contributed by atoms with Gasteiger partial charge in [-0.05, 0) is 6.07 Å². The first-order chi connectivity index (χ1) is 7.11. The van der Waals surface area contributed by atoms with Crippen LogP contribution in [0, 0.1) is 0 Å². The second kappa shape index (κ2) is 4.75. The van der Waals surface area contributed by atoms with Gasteiger partial charge in [-0.2, -0.15) is 5.10 Å². The molecule has 0 saturated heterocycles. The van der Waals surface area contributed by atoms with Gasteiger partial charge in [-0.25, -0.2) is 4.79 Å². The predicted molar refractivity (Wildman–Crippen MR) is 56.8 cm³/mol. The third-order valence-electron chi connectivity index (χ3n) is 1.56. The second-order valence-electron chi connectivity index (χ2n) is 2.66. The van der Waals surface area contributed by atoms with Gasteiger partial charge in [-0.1, -0.05) is 18.2 Å². The summed E-state index contributed by atoms with van der Waals surface area (Å²) in [7, 11) is 0. The van der Waals surface area contributed by atoms with E-state index in [1.165, 1.54) is 12.3 Å². The van der Waals surface area contributed by atoms with Gasteiger partial charge in [-0.15, -0.1) is 5.10 Å². The summed E-state index contributed by atoms with van der Waals surface area (Å²) in [6.45, 7) is 0. The minimum absolute atomic E-state index is 0.145. The van der Waals surface area contributed by atoms with Crippen molar-refractivity contribution in [2.24, 2.45) is 21.7 Å². The molecule has 5 N–H and O–H groups in total. The van der Waals surface area contributed by atoms with Crippen LogP contribution in [0.5, 0.6) is 0 Å². The first-order valence-electron chi connectivity index (χ1n) is 4.05. The number of benzene rings is 1. The highest BCUT2D eigenvalue weighted by Gasteiger charge is 2.06. The van der Waals surface area contributed by atoms with Crippen molar-refractivity contribution < 1.29 is 9.90 Å². The van der Waals surface area contributed by atoms with Crippen LogP contribution >= 0.6 is 0 Å². The van der Waals surface area contributed by atoms with Gasteiger partial charge in [0.05, 0.1) is 11.8 Å². The molecule has 0 aromatic heterocycles. The molecule has 0 bridgehead atoms. The molecule has 1 rings (SSSR count). The minimum atomic E-state index is -1.03. The first-order valence-corrected chi connectivity index (χ1v) is 4.05. The van der Waals surface area contributed by atoms with Crippen LogP contribution in [0.1, 0.15) is 15.9 Å². The number of hydrogen-bond acceptors (Lipinski definition) is 3. The van der Waals surface area contributed by atoms with E-state index in [1.54, 1.807) is 18.2 Å². The average molecular weight is 206 g/mol. The van der Waals surface area contributed by atoms with E-state index in [4.69, 9.17) is 16.6 Å². The summed E-state index contributed by atoms with van der Waals surface area (Å²) in [5, 5.41) is 15.7. The van der Waals surface area contributed by atoms with Crippen molar-refractivity contribution in [1.82, 2.24) is 0 Å². The van der Waals surface area contributed by atoms with Crippen LogP contribution in [0.3, 0.4) is 0 Å². The Morgan fingerprint density at radius 1 is 1.33 bits per heavy atom. The van der Waals surface area contributed by atoms with Crippen molar-refractivity contribution in [3.63, 3.8) is 0 Å². The van der Waals surface area contributed by atoms with E-state index < -0.39 is 5.97 Å². The number of carbonyl (C=O) groups is 1. The highest BCUT2D eigenvalue weighted by atomic mass is 16.4. The Morgan fingerprint density at radius 2 is 2.00 bits per heavy atom. The lowest BCUT2D eigenvalue weighted by molar-refractivity contribution is 0.0697. The van der Waals surface area contributed by atoms with Gasteiger partial charge >= 0.3 is 5.97 Å². The molecule has 0 saturated carbocycles. The summed E-state index contributed by atoms with van der Waals surface area (Å²) >= 11 is 0. The Balaban J connectivity index is 2.99. The molecule has 6 nitrogen and oxygen atoms in total. The molecule has 0 aliphatic carbocycles. The molecule has 0 spiro atoms. The van der Waals surface area contributed by atoms with Gasteiger partial charge in [0.2, 0.25) is 5.96 Å². The topological polar surface area (TPSA) is 114 Å². The average Bonchev–Trinajstić information content (AvgIpc) is 2.17. The van der Waals surface area contributed by atoms with Gasteiger partial charge in [0.25, 0.3) is 0 Å². The van der Waals surface area contributed by atoms with Crippen molar-refractivity contribution in [1.29, 1.82) is 0 Å². The smallest absolute Gasteiger partial charge is 0.336 e. The fraction of sp³-hybridized carbons (Fsp3) is 0. The molecular weight excluding hydrogens is 196 g/mol. The van der Waals surface area contributed by atoms with Crippen molar-refractivity contribution >= 4 is 18.1 Å². The number of guanidine groups is 1. The maximum absolute atomic E-state index is 10.8. The molecule has 0 radical (unpaired) electrons. The second-order valence-corrected chi connectivity index (χ2v) is 2.66. The molecule has 6 heteroatoms. The molecule has 1 aromatic carbocycles. The van der Waals surface area contributed by atoms with E-state index in [0.717, 1.165) is 0 Å². The molecule has 1 aromatic rings. The Kier molecular flexibility index (Phi) is 3.39. The van der Waals surface area contributed by atoms with Crippen molar-refractivity contribution in [3.05, 3.63) is 35.4 Å². The molecule has 0 aliphatic heterocycles. The number of nitrogens with zero attached hydrogens (tertiary/aromatic N) is 2. The summed E-state index contributed by atoms with van der Waals surface area (Å²) in [5.74, 6) is -1.21. The Morgan fingerprint density at radius 3 is 2.60 bits per heavy atom.